The van der Waals surface area contributed by atoms with Crippen LogP contribution in [0, 0.1) is 5.92 Å². The molecular formula is C17H21NOS2. The van der Waals surface area contributed by atoms with Crippen LogP contribution < -0.4 is 4.90 Å². The first-order chi connectivity index (χ1) is 10.3. The van der Waals surface area contributed by atoms with E-state index in [-0.39, 0.29) is 11.8 Å². The Morgan fingerprint density at radius 2 is 2.00 bits per heavy atom. The molecule has 0 fully saturated rings. The molecule has 1 amide bonds. The first-order valence-electron chi connectivity index (χ1n) is 7.26. The lowest BCUT2D eigenvalue weighted by atomic mass is 9.99. The van der Waals surface area contributed by atoms with E-state index in [1.165, 1.54) is 5.56 Å². The van der Waals surface area contributed by atoms with Gasteiger partial charge in [0.2, 0.25) is 5.91 Å². The van der Waals surface area contributed by atoms with Crippen molar-refractivity contribution in [2.45, 2.75) is 19.8 Å². The van der Waals surface area contributed by atoms with E-state index >= 15 is 0 Å². The third kappa shape index (κ3) is 4.35. The number of thiophene rings is 1. The zero-order valence-electron chi connectivity index (χ0n) is 12.2. The van der Waals surface area contributed by atoms with E-state index in [0.29, 0.717) is 5.75 Å². The number of benzene rings is 1. The Balaban J connectivity index is 2.13. The number of anilines is 1. The summed E-state index contributed by atoms with van der Waals surface area (Å²) < 4.78 is 0. The number of nitrogens with zero attached hydrogens (tertiary/aromatic N) is 1. The Morgan fingerprint density at radius 3 is 2.57 bits per heavy atom. The molecule has 0 saturated carbocycles. The van der Waals surface area contributed by atoms with Crippen LogP contribution in [0.3, 0.4) is 0 Å². The number of carbonyl (C=O) groups excluding carboxylic acids is 1. The molecule has 0 N–H and O–H groups in total. The van der Waals surface area contributed by atoms with Gasteiger partial charge in [-0.05, 0) is 35.9 Å². The highest BCUT2D eigenvalue weighted by atomic mass is 32.1. The molecule has 2 nitrogen and oxygen atoms in total. The van der Waals surface area contributed by atoms with Crippen LogP contribution in [0.25, 0.3) is 0 Å². The maximum atomic E-state index is 12.9. The Kier molecular flexibility index (Phi) is 6.33. The lowest BCUT2D eigenvalue weighted by Crippen LogP contribution is -2.38. The molecule has 0 aliphatic carbocycles. The van der Waals surface area contributed by atoms with Gasteiger partial charge in [0, 0.05) is 12.3 Å². The Hall–Kier alpha value is -1.26. The first kappa shape index (κ1) is 16.1. The fourth-order valence-electron chi connectivity index (χ4n) is 2.33. The molecule has 0 aliphatic heterocycles. The molecule has 1 aromatic heterocycles. The van der Waals surface area contributed by atoms with Crippen LogP contribution in [-0.2, 0) is 11.2 Å². The van der Waals surface area contributed by atoms with Crippen molar-refractivity contribution in [3.8, 4) is 0 Å². The molecule has 4 heteroatoms. The van der Waals surface area contributed by atoms with Crippen LogP contribution >= 0.6 is 24.0 Å². The van der Waals surface area contributed by atoms with Crippen molar-refractivity contribution >= 4 is 34.9 Å². The van der Waals surface area contributed by atoms with Crippen LogP contribution in [-0.4, -0.2) is 18.2 Å². The summed E-state index contributed by atoms with van der Waals surface area (Å²) >= 11 is 6.01. The summed E-state index contributed by atoms with van der Waals surface area (Å²) in [5.74, 6) is 0.668. The molecule has 1 atom stereocenters. The SMILES string of the molecule is CCCN(C(=O)C(CS)Cc1ccccc1)c1cccs1. The topological polar surface area (TPSA) is 20.3 Å². The van der Waals surface area contributed by atoms with Crippen molar-refractivity contribution < 1.29 is 4.79 Å². The van der Waals surface area contributed by atoms with Crippen LogP contribution in [0.15, 0.2) is 47.8 Å². The fraction of sp³-hybridized carbons (Fsp3) is 0.353. The normalized spacial score (nSPS) is 12.1. The van der Waals surface area contributed by atoms with Gasteiger partial charge in [-0.2, -0.15) is 12.6 Å². The molecule has 0 saturated heterocycles. The van der Waals surface area contributed by atoms with Crippen molar-refractivity contribution in [3.63, 3.8) is 0 Å². The molecule has 0 aliphatic rings. The van der Waals surface area contributed by atoms with Gasteiger partial charge in [-0.1, -0.05) is 37.3 Å². The molecule has 1 aromatic carbocycles. The maximum absolute atomic E-state index is 12.9. The summed E-state index contributed by atoms with van der Waals surface area (Å²) in [5, 5.41) is 3.04. The van der Waals surface area contributed by atoms with Crippen molar-refractivity contribution in [1.82, 2.24) is 0 Å². The second kappa shape index (κ2) is 8.25. The first-order valence-corrected chi connectivity index (χ1v) is 8.77. The van der Waals surface area contributed by atoms with Crippen LogP contribution in [0.1, 0.15) is 18.9 Å². The van der Waals surface area contributed by atoms with E-state index in [9.17, 15) is 4.79 Å². The number of thiol groups is 1. The van der Waals surface area contributed by atoms with Gasteiger partial charge < -0.3 is 4.90 Å². The molecule has 21 heavy (non-hydrogen) atoms. The quantitative estimate of drug-likeness (QED) is 0.755. The Labute approximate surface area is 136 Å². The third-order valence-corrected chi connectivity index (χ3v) is 4.71. The molecule has 112 valence electrons. The Bertz CT molecular complexity index is 539. The maximum Gasteiger partial charge on any atom is 0.231 e. The molecule has 0 spiro atoms. The highest BCUT2D eigenvalue weighted by molar-refractivity contribution is 7.80. The van der Waals surface area contributed by atoms with Crippen LogP contribution in [0.5, 0.6) is 0 Å². The van der Waals surface area contributed by atoms with E-state index in [4.69, 9.17) is 0 Å². The van der Waals surface area contributed by atoms with Crippen LogP contribution in [0.2, 0.25) is 0 Å². The van der Waals surface area contributed by atoms with Gasteiger partial charge in [-0.3, -0.25) is 4.79 Å². The number of hydrogen-bond donors (Lipinski definition) is 1. The highest BCUT2D eigenvalue weighted by Crippen LogP contribution is 2.25. The predicted molar refractivity (Wildman–Crippen MR) is 94.5 cm³/mol. The van der Waals surface area contributed by atoms with Gasteiger partial charge in [0.1, 0.15) is 0 Å². The van der Waals surface area contributed by atoms with Gasteiger partial charge in [-0.15, -0.1) is 11.3 Å². The van der Waals surface area contributed by atoms with Gasteiger partial charge in [-0.25, -0.2) is 0 Å². The zero-order chi connectivity index (χ0) is 15.1. The number of rotatable bonds is 7. The molecule has 0 radical (unpaired) electrons. The largest absolute Gasteiger partial charge is 0.304 e. The lowest BCUT2D eigenvalue weighted by Gasteiger charge is -2.25. The minimum absolute atomic E-state index is 0.0793. The monoisotopic (exact) mass is 319 g/mol. The molecule has 1 heterocycles. The molecule has 1 unspecified atom stereocenters. The van der Waals surface area contributed by atoms with Crippen molar-refractivity contribution in [1.29, 1.82) is 0 Å². The van der Waals surface area contributed by atoms with E-state index in [0.717, 1.165) is 24.4 Å². The second-order valence-electron chi connectivity index (χ2n) is 5.01. The lowest BCUT2D eigenvalue weighted by molar-refractivity contribution is -0.121. The van der Waals surface area contributed by atoms with Crippen molar-refractivity contribution in [2.24, 2.45) is 5.92 Å². The second-order valence-corrected chi connectivity index (χ2v) is 6.30. The molecule has 0 bridgehead atoms. The summed E-state index contributed by atoms with van der Waals surface area (Å²) in [6.07, 6.45) is 1.70. The molecular weight excluding hydrogens is 298 g/mol. The smallest absolute Gasteiger partial charge is 0.231 e. The number of carbonyl (C=O) groups is 1. The summed E-state index contributed by atoms with van der Waals surface area (Å²) in [6, 6.07) is 14.2. The summed E-state index contributed by atoms with van der Waals surface area (Å²) in [4.78, 5) is 14.8. The summed E-state index contributed by atoms with van der Waals surface area (Å²) in [5.41, 5.74) is 1.19. The predicted octanol–water partition coefficient (Wildman–Crippen LogP) is 4.28. The van der Waals surface area contributed by atoms with Gasteiger partial charge >= 0.3 is 0 Å². The van der Waals surface area contributed by atoms with Crippen LogP contribution in [0.4, 0.5) is 5.00 Å². The minimum atomic E-state index is -0.0793. The van der Waals surface area contributed by atoms with Crippen molar-refractivity contribution in [2.75, 3.05) is 17.2 Å². The summed E-state index contributed by atoms with van der Waals surface area (Å²) in [7, 11) is 0. The van der Waals surface area contributed by atoms with E-state index in [2.05, 4.69) is 31.7 Å². The van der Waals surface area contributed by atoms with Gasteiger partial charge in [0.05, 0.1) is 10.9 Å². The highest BCUT2D eigenvalue weighted by Gasteiger charge is 2.24. The van der Waals surface area contributed by atoms with E-state index < -0.39 is 0 Å². The number of hydrogen-bond acceptors (Lipinski definition) is 3. The summed E-state index contributed by atoms with van der Waals surface area (Å²) in [6.45, 7) is 2.86. The standard InChI is InChI=1S/C17H21NOS2/c1-2-10-18(16-9-6-11-21-16)17(19)15(13-20)12-14-7-4-3-5-8-14/h3-9,11,15,20H,2,10,12-13H2,1H3. The van der Waals surface area contributed by atoms with E-state index in [1.807, 2.05) is 40.6 Å². The average molecular weight is 319 g/mol. The third-order valence-electron chi connectivity index (χ3n) is 3.38. The fourth-order valence-corrected chi connectivity index (χ4v) is 3.37. The molecule has 2 aromatic rings. The number of amides is 1. The van der Waals surface area contributed by atoms with Crippen molar-refractivity contribution in [3.05, 3.63) is 53.4 Å². The van der Waals surface area contributed by atoms with Gasteiger partial charge in [0.25, 0.3) is 0 Å². The van der Waals surface area contributed by atoms with Gasteiger partial charge in [0.15, 0.2) is 0 Å². The minimum Gasteiger partial charge on any atom is -0.304 e. The average Bonchev–Trinajstić information content (AvgIpc) is 3.04. The zero-order valence-corrected chi connectivity index (χ0v) is 13.9. The van der Waals surface area contributed by atoms with E-state index in [1.54, 1.807) is 11.3 Å². The molecule has 2 rings (SSSR count). The Morgan fingerprint density at radius 1 is 1.24 bits per heavy atom.